The Balaban J connectivity index is 1.94. The van der Waals surface area contributed by atoms with E-state index in [-0.39, 0.29) is 18.5 Å². The third kappa shape index (κ3) is 5.18. The van der Waals surface area contributed by atoms with Gasteiger partial charge in [-0.05, 0) is 57.9 Å². The molecule has 1 aliphatic rings. The molecule has 0 aromatic heterocycles. The van der Waals surface area contributed by atoms with Gasteiger partial charge in [-0.25, -0.2) is 9.18 Å². The topological polar surface area (TPSA) is 38.8 Å². The first-order valence-corrected chi connectivity index (χ1v) is 8.43. The van der Waals surface area contributed by atoms with E-state index in [1.807, 2.05) is 27.7 Å². The van der Waals surface area contributed by atoms with Crippen LogP contribution in [0.1, 0.15) is 39.7 Å². The van der Waals surface area contributed by atoms with Gasteiger partial charge in [0.15, 0.2) is 0 Å². The molecule has 128 valence electrons. The molecular weight excluding hydrogens is 365 g/mol. The van der Waals surface area contributed by atoms with Crippen molar-refractivity contribution in [3.8, 4) is 0 Å². The van der Waals surface area contributed by atoms with Gasteiger partial charge in [0.25, 0.3) is 0 Å². The van der Waals surface area contributed by atoms with Crippen molar-refractivity contribution < 1.29 is 18.7 Å². The third-order valence-electron chi connectivity index (χ3n) is 3.67. The fourth-order valence-corrected chi connectivity index (χ4v) is 2.80. The summed E-state index contributed by atoms with van der Waals surface area (Å²) >= 11 is 3.39. The van der Waals surface area contributed by atoms with Crippen molar-refractivity contribution in [1.82, 2.24) is 4.90 Å². The van der Waals surface area contributed by atoms with Crippen LogP contribution < -0.4 is 0 Å². The predicted molar refractivity (Wildman–Crippen MR) is 89.7 cm³/mol. The Labute approximate surface area is 145 Å². The van der Waals surface area contributed by atoms with E-state index in [0.717, 1.165) is 16.5 Å². The number of carbonyl (C=O) groups excluding carboxylic acids is 1. The quantitative estimate of drug-likeness (QED) is 0.765. The van der Waals surface area contributed by atoms with E-state index in [1.54, 1.807) is 11.0 Å². The Morgan fingerprint density at radius 1 is 1.43 bits per heavy atom. The monoisotopic (exact) mass is 387 g/mol. The Kier molecular flexibility index (Phi) is 5.36. The first-order valence-electron chi connectivity index (χ1n) is 7.64. The van der Waals surface area contributed by atoms with E-state index < -0.39 is 11.2 Å². The summed E-state index contributed by atoms with van der Waals surface area (Å²) in [6.07, 6.45) is 0.399. The molecule has 0 saturated carbocycles. The van der Waals surface area contributed by atoms with Crippen LogP contribution in [0.25, 0.3) is 0 Å². The Bertz CT molecular complexity index is 588. The van der Waals surface area contributed by atoms with E-state index in [2.05, 4.69) is 15.9 Å². The second-order valence-electron chi connectivity index (χ2n) is 7.13. The molecule has 1 saturated heterocycles. The molecule has 0 spiro atoms. The summed E-state index contributed by atoms with van der Waals surface area (Å²) in [5.41, 5.74) is -0.214. The molecular formula is C17H23BrFNO3. The van der Waals surface area contributed by atoms with Crippen LogP contribution in [-0.4, -0.2) is 35.3 Å². The zero-order valence-electron chi connectivity index (χ0n) is 14.0. The van der Waals surface area contributed by atoms with E-state index in [9.17, 15) is 9.18 Å². The highest BCUT2D eigenvalue weighted by Gasteiger charge is 2.38. The molecule has 1 aromatic carbocycles. The fourth-order valence-electron chi connectivity index (χ4n) is 2.44. The Morgan fingerprint density at radius 2 is 2.13 bits per heavy atom. The number of rotatable bonds is 3. The van der Waals surface area contributed by atoms with Gasteiger partial charge in [-0.1, -0.05) is 15.9 Å². The number of hydrogen-bond acceptors (Lipinski definition) is 3. The van der Waals surface area contributed by atoms with Crippen molar-refractivity contribution >= 4 is 22.0 Å². The van der Waals surface area contributed by atoms with Crippen molar-refractivity contribution in [1.29, 1.82) is 0 Å². The van der Waals surface area contributed by atoms with Crippen LogP contribution in [-0.2, 0) is 16.1 Å². The summed E-state index contributed by atoms with van der Waals surface area (Å²) in [5, 5.41) is 0. The van der Waals surface area contributed by atoms with Gasteiger partial charge in [0.1, 0.15) is 11.4 Å². The van der Waals surface area contributed by atoms with Crippen molar-refractivity contribution in [2.24, 2.45) is 0 Å². The van der Waals surface area contributed by atoms with Crippen molar-refractivity contribution in [3.05, 3.63) is 34.1 Å². The van der Waals surface area contributed by atoms with Crippen molar-refractivity contribution in [2.45, 2.75) is 51.9 Å². The predicted octanol–water partition coefficient (Wildman–Crippen LogP) is 4.50. The van der Waals surface area contributed by atoms with Crippen LogP contribution >= 0.6 is 15.9 Å². The van der Waals surface area contributed by atoms with Gasteiger partial charge in [0.05, 0.1) is 18.8 Å². The summed E-state index contributed by atoms with van der Waals surface area (Å²) in [6, 6.07) is 4.52. The molecule has 4 nitrogen and oxygen atoms in total. The van der Waals surface area contributed by atoms with Crippen LogP contribution in [0, 0.1) is 5.82 Å². The Morgan fingerprint density at radius 3 is 2.78 bits per heavy atom. The maximum Gasteiger partial charge on any atom is 0.410 e. The lowest BCUT2D eigenvalue weighted by Gasteiger charge is -2.27. The average Bonchev–Trinajstić information content (AvgIpc) is 2.81. The molecule has 23 heavy (non-hydrogen) atoms. The van der Waals surface area contributed by atoms with Gasteiger partial charge >= 0.3 is 6.09 Å². The summed E-state index contributed by atoms with van der Waals surface area (Å²) in [6.45, 7) is 8.85. The summed E-state index contributed by atoms with van der Waals surface area (Å²) in [7, 11) is 0. The molecule has 1 atom stereocenters. The summed E-state index contributed by atoms with van der Waals surface area (Å²) in [5.74, 6) is -0.293. The van der Waals surface area contributed by atoms with Gasteiger partial charge < -0.3 is 14.4 Å². The largest absolute Gasteiger partial charge is 0.444 e. The molecule has 0 bridgehead atoms. The number of ether oxygens (including phenoxy) is 2. The van der Waals surface area contributed by atoms with Gasteiger partial charge in [-0.15, -0.1) is 0 Å². The van der Waals surface area contributed by atoms with Crippen LogP contribution in [0.4, 0.5) is 9.18 Å². The minimum Gasteiger partial charge on any atom is -0.444 e. The van der Waals surface area contributed by atoms with E-state index in [4.69, 9.17) is 9.47 Å². The summed E-state index contributed by atoms with van der Waals surface area (Å²) < 4.78 is 25.5. The second kappa shape index (κ2) is 6.77. The molecule has 0 radical (unpaired) electrons. The maximum atomic E-state index is 13.3. The van der Waals surface area contributed by atoms with E-state index in [0.29, 0.717) is 13.1 Å². The van der Waals surface area contributed by atoms with Crippen LogP contribution in [0.15, 0.2) is 22.7 Å². The SMILES string of the molecule is CC(C)(C)OC(=O)N1CCC(C)(OCc2cc(F)ccc2Br)C1. The summed E-state index contributed by atoms with van der Waals surface area (Å²) in [4.78, 5) is 13.8. The normalized spacial score (nSPS) is 21.6. The number of hydrogen-bond donors (Lipinski definition) is 0. The highest BCUT2D eigenvalue weighted by atomic mass is 79.9. The van der Waals surface area contributed by atoms with Gasteiger partial charge in [0.2, 0.25) is 0 Å². The molecule has 1 aromatic rings. The minimum atomic E-state index is -0.511. The number of benzene rings is 1. The van der Waals surface area contributed by atoms with Crippen LogP contribution in [0.5, 0.6) is 0 Å². The lowest BCUT2D eigenvalue weighted by molar-refractivity contribution is -0.0377. The zero-order chi connectivity index (χ0) is 17.3. The zero-order valence-corrected chi connectivity index (χ0v) is 15.6. The highest BCUT2D eigenvalue weighted by molar-refractivity contribution is 9.10. The van der Waals surface area contributed by atoms with Crippen molar-refractivity contribution in [3.63, 3.8) is 0 Å². The third-order valence-corrected chi connectivity index (χ3v) is 4.45. The molecule has 1 heterocycles. The maximum absolute atomic E-state index is 13.3. The van der Waals surface area contributed by atoms with Gasteiger partial charge in [-0.3, -0.25) is 0 Å². The highest BCUT2D eigenvalue weighted by Crippen LogP contribution is 2.29. The molecule has 0 N–H and O–H groups in total. The number of nitrogens with zero attached hydrogens (tertiary/aromatic N) is 1. The van der Waals surface area contributed by atoms with E-state index >= 15 is 0 Å². The molecule has 2 rings (SSSR count). The number of likely N-dealkylation sites (tertiary alicyclic amines) is 1. The van der Waals surface area contributed by atoms with Gasteiger partial charge in [0, 0.05) is 11.0 Å². The standard InChI is InChI=1S/C17H23BrFNO3/c1-16(2,3)23-15(21)20-8-7-17(4,11-20)22-10-12-9-13(19)5-6-14(12)18/h5-6,9H,7-8,10-11H2,1-4H3. The first kappa shape index (κ1) is 18.2. The molecule has 1 amide bonds. The molecule has 1 unspecified atom stereocenters. The van der Waals surface area contributed by atoms with Gasteiger partial charge in [-0.2, -0.15) is 0 Å². The Hall–Kier alpha value is -1.14. The lowest BCUT2D eigenvalue weighted by atomic mass is 10.1. The lowest BCUT2D eigenvalue weighted by Crippen LogP contribution is -2.39. The molecule has 1 fully saturated rings. The van der Waals surface area contributed by atoms with Crippen LogP contribution in [0.2, 0.25) is 0 Å². The number of carbonyl (C=O) groups is 1. The minimum absolute atomic E-state index is 0.289. The molecule has 1 aliphatic heterocycles. The van der Waals surface area contributed by atoms with Crippen LogP contribution in [0.3, 0.4) is 0 Å². The molecule has 6 heteroatoms. The van der Waals surface area contributed by atoms with Crippen molar-refractivity contribution in [2.75, 3.05) is 13.1 Å². The second-order valence-corrected chi connectivity index (χ2v) is 7.98. The number of amides is 1. The number of halogens is 2. The molecule has 0 aliphatic carbocycles. The fraction of sp³-hybridized carbons (Fsp3) is 0.588. The average molecular weight is 388 g/mol. The smallest absolute Gasteiger partial charge is 0.410 e. The first-order chi connectivity index (χ1) is 10.6. The van der Waals surface area contributed by atoms with E-state index in [1.165, 1.54) is 12.1 Å².